The van der Waals surface area contributed by atoms with Gasteiger partial charge in [-0.3, -0.25) is 0 Å². The van der Waals surface area contributed by atoms with Crippen LogP contribution in [-0.4, -0.2) is 49.2 Å². The summed E-state index contributed by atoms with van der Waals surface area (Å²) in [5.41, 5.74) is 1.21. The largest absolute Gasteiger partial charge is 0.346 e. The molecule has 0 radical (unpaired) electrons. The van der Waals surface area contributed by atoms with Crippen LogP contribution in [-0.2, 0) is 6.54 Å². The van der Waals surface area contributed by atoms with Crippen molar-refractivity contribution < 1.29 is 0 Å². The van der Waals surface area contributed by atoms with Crippen molar-refractivity contribution in [3.63, 3.8) is 0 Å². The van der Waals surface area contributed by atoms with Crippen LogP contribution in [0.25, 0.3) is 0 Å². The minimum absolute atomic E-state index is 0.646. The second-order valence-corrected chi connectivity index (χ2v) is 7.64. The molecule has 3 rings (SSSR count). The van der Waals surface area contributed by atoms with E-state index in [1.165, 1.54) is 28.5 Å². The quantitative estimate of drug-likeness (QED) is 0.901. The van der Waals surface area contributed by atoms with Crippen LogP contribution in [0.2, 0.25) is 0 Å². The van der Waals surface area contributed by atoms with Crippen molar-refractivity contribution in [2.75, 3.05) is 32.1 Å². The molecule has 5 heteroatoms. The van der Waals surface area contributed by atoms with Gasteiger partial charge in [0.15, 0.2) is 5.13 Å². The second-order valence-electron chi connectivity index (χ2n) is 6.57. The fourth-order valence-electron chi connectivity index (χ4n) is 3.01. The SMILES string of the molecule is Cc1nc(N2CC(C)C(N(C)C)C2)sc1CNC1CC1. The molecule has 1 N–H and O–H groups in total. The third-order valence-electron chi connectivity index (χ3n) is 4.52. The summed E-state index contributed by atoms with van der Waals surface area (Å²) in [5.74, 6) is 0.710. The zero-order chi connectivity index (χ0) is 14.3. The average molecular weight is 294 g/mol. The lowest BCUT2D eigenvalue weighted by atomic mass is 10.1. The van der Waals surface area contributed by atoms with Crippen molar-refractivity contribution in [2.24, 2.45) is 5.92 Å². The summed E-state index contributed by atoms with van der Waals surface area (Å²) in [7, 11) is 4.37. The van der Waals surface area contributed by atoms with E-state index in [0.29, 0.717) is 12.0 Å². The Kier molecular flexibility index (Phi) is 4.02. The lowest BCUT2D eigenvalue weighted by molar-refractivity contribution is 0.266. The monoisotopic (exact) mass is 294 g/mol. The zero-order valence-electron chi connectivity index (χ0n) is 13.0. The van der Waals surface area contributed by atoms with Gasteiger partial charge in [-0.1, -0.05) is 6.92 Å². The van der Waals surface area contributed by atoms with Crippen LogP contribution in [0.4, 0.5) is 5.13 Å². The number of nitrogens with zero attached hydrogens (tertiary/aromatic N) is 3. The Bertz CT molecular complexity index is 466. The summed E-state index contributed by atoms with van der Waals surface area (Å²) in [4.78, 5) is 11.0. The van der Waals surface area contributed by atoms with Crippen LogP contribution in [0.1, 0.15) is 30.3 Å². The van der Waals surface area contributed by atoms with Gasteiger partial charge in [0.2, 0.25) is 0 Å². The zero-order valence-corrected chi connectivity index (χ0v) is 13.8. The van der Waals surface area contributed by atoms with Gasteiger partial charge in [-0.15, -0.1) is 11.3 Å². The van der Waals surface area contributed by atoms with E-state index in [1.54, 1.807) is 0 Å². The number of thiazole rings is 1. The van der Waals surface area contributed by atoms with Crippen molar-refractivity contribution in [2.45, 2.75) is 45.3 Å². The minimum Gasteiger partial charge on any atom is -0.346 e. The summed E-state index contributed by atoms with van der Waals surface area (Å²) in [6, 6.07) is 1.41. The molecule has 2 aliphatic rings. The molecule has 0 aromatic carbocycles. The van der Waals surface area contributed by atoms with Gasteiger partial charge in [0, 0.05) is 36.6 Å². The Morgan fingerprint density at radius 1 is 1.35 bits per heavy atom. The van der Waals surface area contributed by atoms with E-state index in [0.717, 1.165) is 25.7 Å². The highest BCUT2D eigenvalue weighted by Crippen LogP contribution is 2.32. The number of nitrogens with one attached hydrogen (secondary N) is 1. The summed E-state index contributed by atoms with van der Waals surface area (Å²) in [6.45, 7) is 7.73. The highest BCUT2D eigenvalue weighted by atomic mass is 32.1. The number of anilines is 1. The maximum atomic E-state index is 4.81. The third kappa shape index (κ3) is 3.00. The van der Waals surface area contributed by atoms with Crippen molar-refractivity contribution in [3.05, 3.63) is 10.6 Å². The van der Waals surface area contributed by atoms with E-state index in [2.05, 4.69) is 43.1 Å². The summed E-state index contributed by atoms with van der Waals surface area (Å²) >= 11 is 1.88. The van der Waals surface area contributed by atoms with E-state index in [9.17, 15) is 0 Å². The predicted molar refractivity (Wildman–Crippen MR) is 85.6 cm³/mol. The van der Waals surface area contributed by atoms with Crippen molar-refractivity contribution in [3.8, 4) is 0 Å². The summed E-state index contributed by atoms with van der Waals surface area (Å²) in [5, 5.41) is 4.81. The normalized spacial score (nSPS) is 26.8. The van der Waals surface area contributed by atoms with Gasteiger partial charge in [0.1, 0.15) is 0 Å². The third-order valence-corrected chi connectivity index (χ3v) is 5.73. The molecule has 2 atom stereocenters. The van der Waals surface area contributed by atoms with E-state index < -0.39 is 0 Å². The Morgan fingerprint density at radius 2 is 2.10 bits per heavy atom. The molecule has 2 unspecified atom stereocenters. The molecule has 1 aliphatic heterocycles. The van der Waals surface area contributed by atoms with Gasteiger partial charge in [-0.05, 0) is 39.8 Å². The molecule has 4 nitrogen and oxygen atoms in total. The fraction of sp³-hybridized carbons (Fsp3) is 0.800. The second kappa shape index (κ2) is 5.62. The number of aromatic nitrogens is 1. The molecule has 1 aromatic heterocycles. The number of aryl methyl sites for hydroxylation is 1. The minimum atomic E-state index is 0.646. The molecule has 1 aliphatic carbocycles. The molecule has 112 valence electrons. The molecule has 20 heavy (non-hydrogen) atoms. The number of likely N-dealkylation sites (N-methyl/N-ethyl adjacent to an activating group) is 1. The standard InChI is InChI=1S/C15H26N4S/c1-10-8-19(9-13(10)18(3)4)15-17-11(2)14(20-15)7-16-12-5-6-12/h10,12-13,16H,5-9H2,1-4H3. The predicted octanol–water partition coefficient (Wildman–Crippen LogP) is 2.09. The average Bonchev–Trinajstić information content (AvgIpc) is 3.03. The van der Waals surface area contributed by atoms with Crippen LogP contribution >= 0.6 is 11.3 Å². The van der Waals surface area contributed by atoms with E-state index in [4.69, 9.17) is 4.98 Å². The van der Waals surface area contributed by atoms with Crippen molar-refractivity contribution in [1.29, 1.82) is 0 Å². The summed E-state index contributed by atoms with van der Waals surface area (Å²) in [6.07, 6.45) is 2.69. The van der Waals surface area contributed by atoms with Gasteiger partial charge >= 0.3 is 0 Å². The van der Waals surface area contributed by atoms with Gasteiger partial charge in [0.05, 0.1) is 5.69 Å². The molecule has 1 saturated carbocycles. The highest BCUT2D eigenvalue weighted by Gasteiger charge is 2.32. The molecule has 2 heterocycles. The first-order valence-corrected chi connectivity index (χ1v) is 8.47. The van der Waals surface area contributed by atoms with Crippen molar-refractivity contribution >= 4 is 16.5 Å². The Hall–Kier alpha value is -0.650. The molecule has 1 aromatic rings. The van der Waals surface area contributed by atoms with Gasteiger partial charge in [0.25, 0.3) is 0 Å². The molecule has 0 bridgehead atoms. The van der Waals surface area contributed by atoms with E-state index in [1.807, 2.05) is 11.3 Å². The first-order valence-electron chi connectivity index (χ1n) is 7.65. The Labute approximate surface area is 126 Å². The van der Waals surface area contributed by atoms with Crippen molar-refractivity contribution in [1.82, 2.24) is 15.2 Å². The molecular weight excluding hydrogens is 268 g/mol. The smallest absolute Gasteiger partial charge is 0.185 e. The summed E-state index contributed by atoms with van der Waals surface area (Å²) < 4.78 is 0. The molecule has 2 fully saturated rings. The highest BCUT2D eigenvalue weighted by molar-refractivity contribution is 7.15. The van der Waals surface area contributed by atoms with Crippen LogP contribution in [0, 0.1) is 12.8 Å². The molecule has 0 amide bonds. The van der Waals surface area contributed by atoms with Crippen LogP contribution in [0.3, 0.4) is 0 Å². The molecule has 0 spiro atoms. The van der Waals surface area contributed by atoms with Gasteiger partial charge < -0.3 is 15.1 Å². The fourth-order valence-corrected chi connectivity index (χ4v) is 4.04. The maximum absolute atomic E-state index is 4.81. The van der Waals surface area contributed by atoms with Gasteiger partial charge in [-0.25, -0.2) is 4.98 Å². The number of hydrogen-bond donors (Lipinski definition) is 1. The Balaban J connectivity index is 1.66. The van der Waals surface area contributed by atoms with Crippen LogP contribution < -0.4 is 10.2 Å². The van der Waals surface area contributed by atoms with E-state index in [-0.39, 0.29) is 0 Å². The maximum Gasteiger partial charge on any atom is 0.185 e. The van der Waals surface area contributed by atoms with Crippen LogP contribution in [0.5, 0.6) is 0 Å². The molecule has 1 saturated heterocycles. The lowest BCUT2D eigenvalue weighted by Crippen LogP contribution is -2.34. The van der Waals surface area contributed by atoms with Gasteiger partial charge in [-0.2, -0.15) is 0 Å². The molecular formula is C15H26N4S. The first-order chi connectivity index (χ1) is 9.54. The van der Waals surface area contributed by atoms with Crippen LogP contribution in [0.15, 0.2) is 0 Å². The topological polar surface area (TPSA) is 31.4 Å². The lowest BCUT2D eigenvalue weighted by Gasteiger charge is -2.22. The van der Waals surface area contributed by atoms with E-state index >= 15 is 0 Å². The number of rotatable bonds is 5. The first kappa shape index (κ1) is 14.3. The Morgan fingerprint density at radius 3 is 2.70 bits per heavy atom. The number of hydrogen-bond acceptors (Lipinski definition) is 5.